The number of hydrogen-bond acceptors (Lipinski definition) is 0. The van der Waals surface area contributed by atoms with Crippen LogP contribution in [0.4, 0.5) is 17.6 Å². The normalized spacial score (nSPS) is 10.7. The molecule has 0 spiro atoms. The van der Waals surface area contributed by atoms with Crippen molar-refractivity contribution < 1.29 is 17.6 Å². The van der Waals surface area contributed by atoms with Crippen molar-refractivity contribution in [1.82, 2.24) is 0 Å². The van der Waals surface area contributed by atoms with Crippen LogP contribution in [0.1, 0.15) is 27.8 Å². The van der Waals surface area contributed by atoms with Crippen LogP contribution in [0.2, 0.25) is 0 Å². The van der Waals surface area contributed by atoms with Gasteiger partial charge in [0, 0.05) is 5.56 Å². The lowest BCUT2D eigenvalue weighted by Gasteiger charge is -2.05. The molecule has 4 aromatic carbocycles. The van der Waals surface area contributed by atoms with Crippen LogP contribution in [0.5, 0.6) is 0 Å². The highest BCUT2D eigenvalue weighted by Crippen LogP contribution is 2.21. The largest absolute Gasteiger partial charge is 0.206 e. The molecule has 0 saturated carbocycles. The van der Waals surface area contributed by atoms with Gasteiger partial charge in [0.05, 0.1) is 5.56 Å². The molecule has 4 aromatic rings. The highest BCUT2D eigenvalue weighted by atomic mass is 19.2. The molecule has 0 saturated heterocycles. The SMILES string of the molecule is Cc1ccc(CCc2cc(F)c(C#Cc3ccc4cc(F)c(F)cc4c3)c(F)c2)cc1. The second-order valence-electron chi connectivity index (χ2n) is 7.50. The van der Waals surface area contributed by atoms with E-state index in [9.17, 15) is 17.6 Å². The Kier molecular flexibility index (Phi) is 5.77. The second-order valence-corrected chi connectivity index (χ2v) is 7.50. The molecule has 0 bridgehead atoms. The highest BCUT2D eigenvalue weighted by molar-refractivity contribution is 5.84. The number of halogens is 4. The van der Waals surface area contributed by atoms with Gasteiger partial charge < -0.3 is 0 Å². The Hall–Kier alpha value is -3.58. The Balaban J connectivity index is 1.55. The maximum Gasteiger partial charge on any atom is 0.159 e. The van der Waals surface area contributed by atoms with Crippen molar-refractivity contribution in [2.45, 2.75) is 19.8 Å². The van der Waals surface area contributed by atoms with E-state index >= 15 is 0 Å². The number of rotatable bonds is 3. The molecule has 0 atom stereocenters. The third-order valence-electron chi connectivity index (χ3n) is 5.14. The van der Waals surface area contributed by atoms with Crippen molar-refractivity contribution in [1.29, 1.82) is 0 Å². The summed E-state index contributed by atoms with van der Waals surface area (Å²) in [5.74, 6) is 1.89. The van der Waals surface area contributed by atoms with Gasteiger partial charge in [-0.1, -0.05) is 47.7 Å². The summed E-state index contributed by atoms with van der Waals surface area (Å²) >= 11 is 0. The minimum Gasteiger partial charge on any atom is -0.206 e. The van der Waals surface area contributed by atoms with Crippen molar-refractivity contribution in [2.24, 2.45) is 0 Å². The predicted molar refractivity (Wildman–Crippen MR) is 115 cm³/mol. The van der Waals surface area contributed by atoms with Gasteiger partial charge >= 0.3 is 0 Å². The molecule has 0 aromatic heterocycles. The zero-order valence-corrected chi connectivity index (χ0v) is 16.8. The molecule has 0 aliphatic heterocycles. The molecular weight excluding hydrogens is 400 g/mol. The first-order chi connectivity index (χ1) is 14.9. The van der Waals surface area contributed by atoms with E-state index in [2.05, 4.69) is 11.8 Å². The molecule has 0 fully saturated rings. The fourth-order valence-electron chi connectivity index (χ4n) is 3.39. The van der Waals surface area contributed by atoms with Crippen molar-refractivity contribution in [3.8, 4) is 11.8 Å². The summed E-state index contributed by atoms with van der Waals surface area (Å²) in [6.07, 6.45) is 1.19. The standard InChI is InChI=1S/C27H18F4/c1-17-2-4-18(5-3-17)6-7-20-13-24(28)23(25(29)14-20)11-9-19-8-10-21-15-26(30)27(31)16-22(21)12-19/h2-5,8,10,12-16H,6-7H2,1H3. The fraction of sp³-hybridized carbons (Fsp3) is 0.111. The third-order valence-corrected chi connectivity index (χ3v) is 5.14. The Morgan fingerprint density at radius 1 is 0.581 bits per heavy atom. The Morgan fingerprint density at radius 3 is 1.87 bits per heavy atom. The molecule has 154 valence electrons. The minimum atomic E-state index is -0.962. The van der Waals surface area contributed by atoms with Gasteiger partial charge in [-0.2, -0.15) is 0 Å². The van der Waals surface area contributed by atoms with E-state index < -0.39 is 23.3 Å². The average Bonchev–Trinajstić information content (AvgIpc) is 2.73. The summed E-state index contributed by atoms with van der Waals surface area (Å²) in [5, 5.41) is 0.970. The van der Waals surface area contributed by atoms with Gasteiger partial charge in [0.2, 0.25) is 0 Å². The fourth-order valence-corrected chi connectivity index (χ4v) is 3.39. The first kappa shape index (κ1) is 20.7. The maximum atomic E-state index is 14.5. The van der Waals surface area contributed by atoms with Crippen LogP contribution in [0, 0.1) is 42.0 Å². The van der Waals surface area contributed by atoms with Crippen LogP contribution >= 0.6 is 0 Å². The van der Waals surface area contributed by atoms with Crippen molar-refractivity contribution >= 4 is 10.8 Å². The van der Waals surface area contributed by atoms with Crippen LogP contribution in [0.3, 0.4) is 0 Å². The van der Waals surface area contributed by atoms with Crippen LogP contribution in [-0.4, -0.2) is 0 Å². The molecule has 4 heteroatoms. The van der Waals surface area contributed by atoms with Gasteiger partial charge in [0.1, 0.15) is 11.6 Å². The molecule has 0 nitrogen and oxygen atoms in total. The number of aryl methyl sites for hydroxylation is 3. The van der Waals surface area contributed by atoms with E-state index in [1.54, 1.807) is 18.2 Å². The van der Waals surface area contributed by atoms with Gasteiger partial charge in [-0.05, 0) is 78.1 Å². The summed E-state index contributed by atoms with van der Waals surface area (Å²) in [6, 6.07) is 17.5. The van der Waals surface area contributed by atoms with Crippen molar-refractivity contribution in [3.63, 3.8) is 0 Å². The Morgan fingerprint density at radius 2 is 1.19 bits per heavy atom. The number of benzene rings is 4. The lowest BCUT2D eigenvalue weighted by atomic mass is 10.0. The molecule has 0 radical (unpaired) electrons. The van der Waals surface area contributed by atoms with Crippen LogP contribution in [0.25, 0.3) is 10.8 Å². The molecule has 31 heavy (non-hydrogen) atoms. The zero-order valence-electron chi connectivity index (χ0n) is 16.8. The molecule has 0 amide bonds. The quantitative estimate of drug-likeness (QED) is 0.251. The monoisotopic (exact) mass is 418 g/mol. The van der Waals surface area contributed by atoms with Gasteiger partial charge in [-0.15, -0.1) is 0 Å². The lowest BCUT2D eigenvalue weighted by molar-refractivity contribution is 0.511. The van der Waals surface area contributed by atoms with E-state index in [0.717, 1.165) is 23.3 Å². The van der Waals surface area contributed by atoms with Gasteiger partial charge in [0.15, 0.2) is 11.6 Å². The van der Waals surface area contributed by atoms with E-state index in [1.807, 2.05) is 31.2 Å². The molecular formula is C27H18F4. The molecule has 0 aliphatic rings. The van der Waals surface area contributed by atoms with E-state index in [-0.39, 0.29) is 5.56 Å². The van der Waals surface area contributed by atoms with Gasteiger partial charge in [-0.3, -0.25) is 0 Å². The van der Waals surface area contributed by atoms with Gasteiger partial charge in [-0.25, -0.2) is 17.6 Å². The van der Waals surface area contributed by atoms with E-state index in [4.69, 9.17) is 0 Å². The highest BCUT2D eigenvalue weighted by Gasteiger charge is 2.10. The molecule has 0 heterocycles. The minimum absolute atomic E-state index is 0.315. The van der Waals surface area contributed by atoms with Crippen LogP contribution in [0.15, 0.2) is 66.7 Å². The molecule has 4 rings (SSSR count). The molecule has 0 N–H and O–H groups in total. The predicted octanol–water partition coefficient (Wildman–Crippen LogP) is 6.89. The molecule has 0 unspecified atom stereocenters. The summed E-state index contributed by atoms with van der Waals surface area (Å²) in [5.41, 5.74) is 2.95. The first-order valence-electron chi connectivity index (χ1n) is 9.83. The lowest BCUT2D eigenvalue weighted by Crippen LogP contribution is -1.97. The summed E-state index contributed by atoms with van der Waals surface area (Å²) in [4.78, 5) is 0. The smallest absolute Gasteiger partial charge is 0.159 e. The van der Waals surface area contributed by atoms with E-state index in [1.165, 1.54) is 12.1 Å². The third kappa shape index (κ3) is 4.78. The maximum absolute atomic E-state index is 14.5. The molecule has 0 aliphatic carbocycles. The second kappa shape index (κ2) is 8.65. The summed E-state index contributed by atoms with van der Waals surface area (Å²) in [6.45, 7) is 2.00. The number of hydrogen-bond donors (Lipinski definition) is 0. The Labute approximate surface area is 178 Å². The summed E-state index contributed by atoms with van der Waals surface area (Å²) < 4.78 is 55.8. The van der Waals surface area contributed by atoms with Crippen molar-refractivity contribution in [2.75, 3.05) is 0 Å². The first-order valence-corrected chi connectivity index (χ1v) is 9.83. The van der Waals surface area contributed by atoms with E-state index in [0.29, 0.717) is 34.7 Å². The average molecular weight is 418 g/mol. The topological polar surface area (TPSA) is 0 Å². The number of fused-ring (bicyclic) bond motifs is 1. The summed E-state index contributed by atoms with van der Waals surface area (Å²) in [7, 11) is 0. The Bertz CT molecular complexity index is 1300. The van der Waals surface area contributed by atoms with Crippen LogP contribution in [-0.2, 0) is 12.8 Å². The van der Waals surface area contributed by atoms with Gasteiger partial charge in [0.25, 0.3) is 0 Å². The zero-order chi connectivity index (χ0) is 22.0. The van der Waals surface area contributed by atoms with Crippen molar-refractivity contribution in [3.05, 3.63) is 118 Å². The van der Waals surface area contributed by atoms with Crippen LogP contribution < -0.4 is 0 Å².